The third-order valence-corrected chi connectivity index (χ3v) is 4.63. The van der Waals surface area contributed by atoms with Gasteiger partial charge in [0.2, 0.25) is 5.91 Å². The van der Waals surface area contributed by atoms with Gasteiger partial charge in [-0.05, 0) is 25.3 Å². The monoisotopic (exact) mass is 308 g/mol. The van der Waals surface area contributed by atoms with Crippen LogP contribution < -0.4 is 5.32 Å². The van der Waals surface area contributed by atoms with Gasteiger partial charge < -0.3 is 9.88 Å². The number of carbonyl (C=O) groups is 1. The molecule has 1 aromatic heterocycles. The maximum atomic E-state index is 12.2. The quantitative estimate of drug-likeness (QED) is 0.861. The van der Waals surface area contributed by atoms with Crippen LogP contribution in [0.1, 0.15) is 6.92 Å². The highest BCUT2D eigenvalue weighted by Crippen LogP contribution is 2.26. The Kier molecular flexibility index (Phi) is 5.08. The van der Waals surface area contributed by atoms with Crippen molar-refractivity contribution in [3.05, 3.63) is 30.6 Å². The van der Waals surface area contributed by atoms with Gasteiger partial charge in [-0.3, -0.25) is 4.79 Å². The Labute approximate surface area is 126 Å². The Bertz CT molecular complexity index is 600. The van der Waals surface area contributed by atoms with Crippen LogP contribution in [-0.2, 0) is 11.8 Å². The topological polar surface area (TPSA) is 59.8 Å². The zero-order chi connectivity index (χ0) is 14.5. The van der Waals surface area contributed by atoms with Gasteiger partial charge in [0, 0.05) is 11.9 Å². The Balaban J connectivity index is 2.02. The highest BCUT2D eigenvalue weighted by atomic mass is 32.2. The molecule has 5 nitrogen and oxygen atoms in total. The molecule has 1 aromatic carbocycles. The van der Waals surface area contributed by atoms with Gasteiger partial charge in [0.25, 0.3) is 0 Å². The summed E-state index contributed by atoms with van der Waals surface area (Å²) in [5.41, 5.74) is 0.843. The van der Waals surface area contributed by atoms with Crippen molar-refractivity contribution in [3.8, 4) is 0 Å². The number of aromatic nitrogens is 3. The second-order valence-electron chi connectivity index (χ2n) is 4.17. The molecule has 0 bridgehead atoms. The fraction of sp³-hybridized carbons (Fsp3) is 0.308. The molecule has 0 spiro atoms. The number of carbonyl (C=O) groups excluding carboxylic acids is 1. The first-order valence-electron chi connectivity index (χ1n) is 6.06. The van der Waals surface area contributed by atoms with Gasteiger partial charge in [-0.2, -0.15) is 0 Å². The van der Waals surface area contributed by atoms with Gasteiger partial charge >= 0.3 is 0 Å². The number of para-hydroxylation sites is 1. The Hall–Kier alpha value is -1.47. The second kappa shape index (κ2) is 6.81. The van der Waals surface area contributed by atoms with E-state index >= 15 is 0 Å². The molecule has 7 heteroatoms. The number of rotatable bonds is 5. The highest BCUT2D eigenvalue weighted by Gasteiger charge is 2.18. The molecule has 0 radical (unpaired) electrons. The molecule has 1 amide bonds. The van der Waals surface area contributed by atoms with Gasteiger partial charge in [-0.25, -0.2) is 0 Å². The molecular formula is C13H16N4OS2. The number of nitrogens with one attached hydrogen (secondary N) is 1. The molecule has 0 aliphatic rings. The number of hydrogen-bond donors (Lipinski definition) is 1. The molecule has 1 atom stereocenters. The normalized spacial score (nSPS) is 12.2. The van der Waals surface area contributed by atoms with Gasteiger partial charge in [-0.1, -0.05) is 23.9 Å². The predicted octanol–water partition coefficient (Wildman–Crippen LogP) is 2.66. The van der Waals surface area contributed by atoms with Crippen molar-refractivity contribution in [1.82, 2.24) is 14.8 Å². The number of hydrogen-bond acceptors (Lipinski definition) is 5. The van der Waals surface area contributed by atoms with Crippen LogP contribution >= 0.6 is 23.5 Å². The van der Waals surface area contributed by atoms with Crippen LogP contribution in [0.5, 0.6) is 0 Å². The molecule has 0 aliphatic heterocycles. The van der Waals surface area contributed by atoms with Crippen molar-refractivity contribution in [2.45, 2.75) is 22.2 Å². The second-order valence-corrected chi connectivity index (χ2v) is 6.33. The molecule has 0 fully saturated rings. The lowest BCUT2D eigenvalue weighted by molar-refractivity contribution is -0.115. The molecule has 0 aliphatic carbocycles. The minimum Gasteiger partial charge on any atom is -0.324 e. The predicted molar refractivity (Wildman–Crippen MR) is 83.2 cm³/mol. The summed E-state index contributed by atoms with van der Waals surface area (Å²) < 4.78 is 1.80. The number of amides is 1. The van der Waals surface area contributed by atoms with E-state index in [-0.39, 0.29) is 11.2 Å². The lowest BCUT2D eigenvalue weighted by Gasteiger charge is -2.13. The molecule has 0 saturated heterocycles. The summed E-state index contributed by atoms with van der Waals surface area (Å²) in [6.07, 6.45) is 3.61. The van der Waals surface area contributed by atoms with Crippen LogP contribution in [0.3, 0.4) is 0 Å². The van der Waals surface area contributed by atoms with Crippen LogP contribution in [0, 0.1) is 0 Å². The summed E-state index contributed by atoms with van der Waals surface area (Å²) in [4.78, 5) is 13.3. The van der Waals surface area contributed by atoms with Crippen LogP contribution in [0.15, 0.2) is 40.6 Å². The van der Waals surface area contributed by atoms with Crippen molar-refractivity contribution in [1.29, 1.82) is 0 Å². The smallest absolute Gasteiger partial charge is 0.237 e. The summed E-state index contributed by atoms with van der Waals surface area (Å²) in [7, 11) is 1.86. The first kappa shape index (κ1) is 14.9. The van der Waals surface area contributed by atoms with E-state index in [2.05, 4.69) is 15.5 Å². The number of thioether (sulfide) groups is 2. The molecule has 2 aromatic rings. The van der Waals surface area contributed by atoms with Crippen molar-refractivity contribution >= 4 is 35.1 Å². The third-order valence-electron chi connectivity index (χ3n) is 2.69. The van der Waals surface area contributed by atoms with Crippen LogP contribution in [0.25, 0.3) is 0 Å². The average Bonchev–Trinajstić information content (AvgIpc) is 2.84. The molecule has 1 heterocycles. The summed E-state index contributed by atoms with van der Waals surface area (Å²) in [5.74, 6) is -0.0421. The minimum atomic E-state index is -0.243. The standard InChI is InChI=1S/C13H16N4OS2/c1-9(20-13-16-14-8-17(13)2)12(18)15-10-6-4-5-7-11(10)19-3/h4-9H,1-3H3,(H,15,18). The SMILES string of the molecule is CSc1ccccc1NC(=O)C(C)Sc1nncn1C. The van der Waals surface area contributed by atoms with E-state index in [1.165, 1.54) is 11.8 Å². The van der Waals surface area contributed by atoms with E-state index < -0.39 is 0 Å². The summed E-state index contributed by atoms with van der Waals surface area (Å²) in [6.45, 7) is 1.86. The molecule has 1 unspecified atom stereocenters. The average molecular weight is 308 g/mol. The minimum absolute atomic E-state index is 0.0421. The lowest BCUT2D eigenvalue weighted by Crippen LogP contribution is -2.23. The Morgan fingerprint density at radius 1 is 1.40 bits per heavy atom. The maximum absolute atomic E-state index is 12.2. The van der Waals surface area contributed by atoms with Crippen molar-refractivity contribution in [3.63, 3.8) is 0 Å². The molecule has 0 saturated carbocycles. The van der Waals surface area contributed by atoms with E-state index in [1.807, 2.05) is 44.5 Å². The molecule has 1 N–H and O–H groups in total. The lowest BCUT2D eigenvalue weighted by atomic mass is 10.3. The van der Waals surface area contributed by atoms with E-state index in [0.717, 1.165) is 15.7 Å². The maximum Gasteiger partial charge on any atom is 0.237 e. The van der Waals surface area contributed by atoms with E-state index in [9.17, 15) is 4.79 Å². The highest BCUT2D eigenvalue weighted by molar-refractivity contribution is 8.00. The summed E-state index contributed by atoms with van der Waals surface area (Å²) in [5, 5.41) is 11.2. The van der Waals surface area contributed by atoms with Gasteiger partial charge in [0.05, 0.1) is 10.9 Å². The Morgan fingerprint density at radius 3 is 2.80 bits per heavy atom. The first-order chi connectivity index (χ1) is 9.61. The molecule has 106 valence electrons. The van der Waals surface area contributed by atoms with Crippen molar-refractivity contribution in [2.24, 2.45) is 7.05 Å². The van der Waals surface area contributed by atoms with Gasteiger partial charge in [-0.15, -0.1) is 22.0 Å². The number of anilines is 1. The fourth-order valence-electron chi connectivity index (χ4n) is 1.57. The van der Waals surface area contributed by atoms with E-state index in [0.29, 0.717) is 0 Å². The van der Waals surface area contributed by atoms with Crippen LogP contribution in [0.4, 0.5) is 5.69 Å². The van der Waals surface area contributed by atoms with Crippen LogP contribution in [-0.4, -0.2) is 32.2 Å². The third kappa shape index (κ3) is 3.55. The molecule has 20 heavy (non-hydrogen) atoms. The first-order valence-corrected chi connectivity index (χ1v) is 8.16. The van der Waals surface area contributed by atoms with Gasteiger partial charge in [0.15, 0.2) is 5.16 Å². The van der Waals surface area contributed by atoms with E-state index in [4.69, 9.17) is 0 Å². The number of aryl methyl sites for hydroxylation is 1. The summed E-state index contributed by atoms with van der Waals surface area (Å²) >= 11 is 3.00. The fourth-order valence-corrected chi connectivity index (χ4v) is 2.92. The van der Waals surface area contributed by atoms with Crippen molar-refractivity contribution < 1.29 is 4.79 Å². The largest absolute Gasteiger partial charge is 0.324 e. The Morgan fingerprint density at radius 2 is 2.15 bits per heavy atom. The molecule has 2 rings (SSSR count). The van der Waals surface area contributed by atoms with E-state index in [1.54, 1.807) is 22.7 Å². The zero-order valence-electron chi connectivity index (χ0n) is 11.5. The molecular weight excluding hydrogens is 292 g/mol. The van der Waals surface area contributed by atoms with Gasteiger partial charge in [0.1, 0.15) is 6.33 Å². The zero-order valence-corrected chi connectivity index (χ0v) is 13.2. The number of benzene rings is 1. The summed E-state index contributed by atoms with van der Waals surface area (Å²) in [6, 6.07) is 7.76. The van der Waals surface area contributed by atoms with Crippen LogP contribution in [0.2, 0.25) is 0 Å². The number of nitrogens with zero attached hydrogens (tertiary/aromatic N) is 3. The van der Waals surface area contributed by atoms with Crippen molar-refractivity contribution in [2.75, 3.05) is 11.6 Å².